The molecule has 1 aromatic carbocycles. The highest BCUT2D eigenvalue weighted by Crippen LogP contribution is 2.34. The molecule has 0 aromatic heterocycles. The number of ether oxygens (including phenoxy) is 3. The molecule has 0 radical (unpaired) electrons. The van der Waals surface area contributed by atoms with Crippen molar-refractivity contribution in [2.45, 2.75) is 19.4 Å². The van der Waals surface area contributed by atoms with Gasteiger partial charge >= 0.3 is 0 Å². The summed E-state index contributed by atoms with van der Waals surface area (Å²) in [5.41, 5.74) is 1.99. The predicted molar refractivity (Wildman–Crippen MR) is 64.6 cm³/mol. The van der Waals surface area contributed by atoms with Crippen molar-refractivity contribution >= 4 is 6.29 Å². The van der Waals surface area contributed by atoms with Gasteiger partial charge in [0.05, 0.1) is 20.8 Å². The van der Waals surface area contributed by atoms with E-state index in [1.165, 1.54) is 0 Å². The van der Waals surface area contributed by atoms with Crippen LogP contribution in [0.3, 0.4) is 0 Å². The van der Waals surface area contributed by atoms with Gasteiger partial charge in [-0.3, -0.25) is 0 Å². The zero-order chi connectivity index (χ0) is 12.7. The maximum absolute atomic E-state index is 10.4. The molecule has 0 N–H and O–H groups in total. The third-order valence-corrected chi connectivity index (χ3v) is 2.57. The highest BCUT2D eigenvalue weighted by Gasteiger charge is 2.14. The first-order chi connectivity index (χ1) is 8.28. The third kappa shape index (κ3) is 3.20. The van der Waals surface area contributed by atoms with E-state index in [-0.39, 0.29) is 0 Å². The van der Waals surface area contributed by atoms with Crippen molar-refractivity contribution in [3.8, 4) is 11.5 Å². The Morgan fingerprint density at radius 2 is 1.94 bits per heavy atom. The van der Waals surface area contributed by atoms with Crippen molar-refractivity contribution in [1.29, 1.82) is 0 Å². The van der Waals surface area contributed by atoms with Gasteiger partial charge in [-0.15, -0.1) is 0 Å². The monoisotopic (exact) mass is 238 g/mol. The number of rotatable bonds is 7. The SMILES string of the molecule is COCc1c(CCC=O)ccc(OC)c1OC. The van der Waals surface area contributed by atoms with Crippen LogP contribution in [0.1, 0.15) is 17.5 Å². The molecule has 17 heavy (non-hydrogen) atoms. The highest BCUT2D eigenvalue weighted by atomic mass is 16.5. The molecule has 0 amide bonds. The summed E-state index contributed by atoms with van der Waals surface area (Å²) in [4.78, 5) is 10.4. The van der Waals surface area contributed by atoms with Crippen LogP contribution in [0.2, 0.25) is 0 Å². The maximum Gasteiger partial charge on any atom is 0.166 e. The van der Waals surface area contributed by atoms with Crippen LogP contribution >= 0.6 is 0 Å². The molecule has 1 aromatic rings. The van der Waals surface area contributed by atoms with Crippen molar-refractivity contribution in [3.05, 3.63) is 23.3 Å². The lowest BCUT2D eigenvalue weighted by Gasteiger charge is -2.16. The van der Waals surface area contributed by atoms with Gasteiger partial charge in [0.1, 0.15) is 6.29 Å². The van der Waals surface area contributed by atoms with Gasteiger partial charge in [-0.25, -0.2) is 0 Å². The van der Waals surface area contributed by atoms with Crippen LogP contribution in [0.25, 0.3) is 0 Å². The van der Waals surface area contributed by atoms with E-state index in [0.29, 0.717) is 30.9 Å². The van der Waals surface area contributed by atoms with Crippen molar-refractivity contribution < 1.29 is 19.0 Å². The van der Waals surface area contributed by atoms with E-state index in [9.17, 15) is 4.79 Å². The van der Waals surface area contributed by atoms with E-state index >= 15 is 0 Å². The van der Waals surface area contributed by atoms with E-state index in [0.717, 1.165) is 17.4 Å². The molecule has 0 atom stereocenters. The zero-order valence-corrected chi connectivity index (χ0v) is 10.5. The van der Waals surface area contributed by atoms with Crippen LogP contribution in [-0.2, 0) is 22.6 Å². The number of aldehydes is 1. The molecule has 0 fully saturated rings. The smallest absolute Gasteiger partial charge is 0.166 e. The van der Waals surface area contributed by atoms with E-state index in [4.69, 9.17) is 14.2 Å². The Morgan fingerprint density at radius 3 is 2.47 bits per heavy atom. The van der Waals surface area contributed by atoms with E-state index in [1.807, 2.05) is 12.1 Å². The molecular weight excluding hydrogens is 220 g/mol. The van der Waals surface area contributed by atoms with Crippen LogP contribution in [0.5, 0.6) is 11.5 Å². The predicted octanol–water partition coefficient (Wildman–Crippen LogP) is 1.98. The van der Waals surface area contributed by atoms with Gasteiger partial charge in [-0.2, -0.15) is 0 Å². The summed E-state index contributed by atoms with van der Waals surface area (Å²) in [6, 6.07) is 3.79. The first-order valence-electron chi connectivity index (χ1n) is 5.43. The minimum atomic E-state index is 0.439. The molecule has 0 aliphatic carbocycles. The number of hydrogen-bond donors (Lipinski definition) is 0. The summed E-state index contributed by atoms with van der Waals surface area (Å²) in [6.45, 7) is 0.439. The van der Waals surface area contributed by atoms with Gasteiger partial charge in [0, 0.05) is 19.1 Å². The third-order valence-electron chi connectivity index (χ3n) is 2.57. The second-order valence-corrected chi connectivity index (χ2v) is 3.58. The number of benzene rings is 1. The lowest BCUT2D eigenvalue weighted by atomic mass is 10.0. The average molecular weight is 238 g/mol. The van der Waals surface area contributed by atoms with Gasteiger partial charge in [0.15, 0.2) is 11.5 Å². The fourth-order valence-corrected chi connectivity index (χ4v) is 1.78. The Labute approximate surface area is 101 Å². The van der Waals surface area contributed by atoms with Crippen LogP contribution in [-0.4, -0.2) is 27.6 Å². The quantitative estimate of drug-likeness (QED) is 0.681. The van der Waals surface area contributed by atoms with Crippen LogP contribution < -0.4 is 9.47 Å². The van der Waals surface area contributed by atoms with E-state index in [2.05, 4.69) is 0 Å². The normalized spacial score (nSPS) is 10.1. The number of hydrogen-bond acceptors (Lipinski definition) is 4. The standard InChI is InChI=1S/C13H18O4/c1-15-9-11-10(5-4-8-14)6-7-12(16-2)13(11)17-3/h6-8H,4-5,9H2,1-3H3. The molecule has 1 rings (SSSR count). The average Bonchev–Trinajstić information content (AvgIpc) is 2.37. The lowest BCUT2D eigenvalue weighted by Crippen LogP contribution is -2.02. The molecule has 0 bridgehead atoms. The second kappa shape index (κ2) is 6.91. The lowest BCUT2D eigenvalue weighted by molar-refractivity contribution is -0.107. The van der Waals surface area contributed by atoms with Crippen molar-refractivity contribution in [1.82, 2.24) is 0 Å². The van der Waals surface area contributed by atoms with Gasteiger partial charge in [0.25, 0.3) is 0 Å². The van der Waals surface area contributed by atoms with Gasteiger partial charge in [-0.1, -0.05) is 6.07 Å². The number of carbonyl (C=O) groups is 1. The number of carbonyl (C=O) groups excluding carboxylic acids is 1. The molecule has 4 nitrogen and oxygen atoms in total. The number of methoxy groups -OCH3 is 3. The van der Waals surface area contributed by atoms with Crippen LogP contribution in [0.4, 0.5) is 0 Å². The van der Waals surface area contributed by atoms with Gasteiger partial charge in [0.2, 0.25) is 0 Å². The molecule has 0 saturated carbocycles. The van der Waals surface area contributed by atoms with E-state index < -0.39 is 0 Å². The maximum atomic E-state index is 10.4. The van der Waals surface area contributed by atoms with Crippen molar-refractivity contribution in [3.63, 3.8) is 0 Å². The van der Waals surface area contributed by atoms with Crippen molar-refractivity contribution in [2.75, 3.05) is 21.3 Å². The molecular formula is C13H18O4. The molecule has 94 valence electrons. The Balaban J connectivity index is 3.15. The zero-order valence-electron chi connectivity index (χ0n) is 10.5. The van der Waals surface area contributed by atoms with Crippen LogP contribution in [0.15, 0.2) is 12.1 Å². The largest absolute Gasteiger partial charge is 0.493 e. The Kier molecular flexibility index (Phi) is 5.49. The molecule has 0 spiro atoms. The summed E-state index contributed by atoms with van der Waals surface area (Å²) < 4.78 is 15.7. The summed E-state index contributed by atoms with van der Waals surface area (Å²) in [5, 5.41) is 0. The topological polar surface area (TPSA) is 44.8 Å². The summed E-state index contributed by atoms with van der Waals surface area (Å²) in [5.74, 6) is 1.35. The molecule has 0 heterocycles. The minimum absolute atomic E-state index is 0.439. The molecule has 0 aliphatic rings. The molecule has 0 aliphatic heterocycles. The summed E-state index contributed by atoms with van der Waals surface area (Å²) >= 11 is 0. The first kappa shape index (κ1) is 13.5. The molecule has 0 saturated heterocycles. The highest BCUT2D eigenvalue weighted by molar-refractivity contribution is 5.54. The Morgan fingerprint density at radius 1 is 1.18 bits per heavy atom. The summed E-state index contributed by atoms with van der Waals surface area (Å²) in [7, 11) is 4.82. The van der Waals surface area contributed by atoms with Gasteiger partial charge < -0.3 is 19.0 Å². The van der Waals surface area contributed by atoms with Crippen LogP contribution in [0, 0.1) is 0 Å². The fraction of sp³-hybridized carbons (Fsp3) is 0.462. The fourth-order valence-electron chi connectivity index (χ4n) is 1.78. The number of aryl methyl sites for hydroxylation is 1. The Hall–Kier alpha value is -1.55. The summed E-state index contributed by atoms with van der Waals surface area (Å²) in [6.07, 6.45) is 2.09. The first-order valence-corrected chi connectivity index (χ1v) is 5.43. The van der Waals surface area contributed by atoms with E-state index in [1.54, 1.807) is 21.3 Å². The molecule has 4 heteroatoms. The van der Waals surface area contributed by atoms with Gasteiger partial charge in [-0.05, 0) is 18.1 Å². The Bertz CT molecular complexity index is 374. The molecule has 0 unspecified atom stereocenters. The minimum Gasteiger partial charge on any atom is -0.493 e. The van der Waals surface area contributed by atoms with Crippen molar-refractivity contribution in [2.24, 2.45) is 0 Å². The second-order valence-electron chi connectivity index (χ2n) is 3.58.